The lowest BCUT2D eigenvalue weighted by molar-refractivity contribution is 0.580. The van der Waals surface area contributed by atoms with E-state index in [4.69, 9.17) is 11.6 Å². The number of nitrogen functional groups attached to an aromatic ring is 1. The van der Waals surface area contributed by atoms with E-state index >= 15 is 0 Å². The molecular weight excluding hydrogens is 204 g/mol. The molecule has 5 N–H and O–H groups in total. The summed E-state index contributed by atoms with van der Waals surface area (Å²) in [4.78, 5) is 8.28. The summed E-state index contributed by atoms with van der Waals surface area (Å²) in [6, 6.07) is 1.48. The molecule has 0 bridgehead atoms. The number of aromatic nitrogens is 3. The van der Waals surface area contributed by atoms with Crippen molar-refractivity contribution in [3.05, 3.63) is 42.2 Å². The van der Waals surface area contributed by atoms with Gasteiger partial charge < -0.3 is 10.3 Å². The molecule has 0 amide bonds. The third-order valence-corrected chi connectivity index (χ3v) is 2.48. The fourth-order valence-electron chi connectivity index (χ4n) is 1.62. The van der Waals surface area contributed by atoms with Gasteiger partial charge in [0.05, 0.1) is 0 Å². The Kier molecular flexibility index (Phi) is 2.84. The van der Waals surface area contributed by atoms with Crippen molar-refractivity contribution >= 4 is 5.69 Å². The third kappa shape index (κ3) is 1.75. The Morgan fingerprint density at radius 2 is 2.25 bits per heavy atom. The topological polar surface area (TPSA) is 94.8 Å². The van der Waals surface area contributed by atoms with Crippen molar-refractivity contribution in [3.63, 3.8) is 0 Å². The van der Waals surface area contributed by atoms with E-state index < -0.39 is 0 Å². The van der Waals surface area contributed by atoms with Gasteiger partial charge in [0.15, 0.2) is 0 Å². The summed E-state index contributed by atoms with van der Waals surface area (Å²) in [5, 5.41) is 0. The van der Waals surface area contributed by atoms with Crippen LogP contribution in [0.15, 0.2) is 30.9 Å². The Balaban J connectivity index is 2.45. The summed E-state index contributed by atoms with van der Waals surface area (Å²) in [6.07, 6.45) is 6.90. The van der Waals surface area contributed by atoms with Crippen molar-refractivity contribution in [3.8, 4) is 0 Å². The monoisotopic (exact) mass is 218 g/mol. The maximum atomic E-state index is 5.88. The van der Waals surface area contributed by atoms with Gasteiger partial charge in [-0.25, -0.2) is 10.4 Å². The Bertz CT molecular complexity index is 478. The van der Waals surface area contributed by atoms with Crippen LogP contribution in [-0.4, -0.2) is 14.5 Å². The van der Waals surface area contributed by atoms with Crippen molar-refractivity contribution < 1.29 is 0 Å². The number of nitrogens with one attached hydrogen (secondary N) is 1. The summed E-state index contributed by atoms with van der Waals surface area (Å²) in [7, 11) is 1.90. The summed E-state index contributed by atoms with van der Waals surface area (Å²) >= 11 is 0. The molecule has 0 aliphatic heterocycles. The second-order valence-corrected chi connectivity index (χ2v) is 3.50. The Labute approximate surface area is 93.3 Å². The van der Waals surface area contributed by atoms with Crippen LogP contribution in [0.3, 0.4) is 0 Å². The van der Waals surface area contributed by atoms with Gasteiger partial charge >= 0.3 is 0 Å². The van der Waals surface area contributed by atoms with E-state index in [1.54, 1.807) is 24.7 Å². The third-order valence-electron chi connectivity index (χ3n) is 2.48. The molecule has 6 nitrogen and oxygen atoms in total. The number of rotatable bonds is 3. The number of hydrogen-bond acceptors (Lipinski definition) is 5. The van der Waals surface area contributed by atoms with Crippen LogP contribution in [-0.2, 0) is 7.05 Å². The average molecular weight is 218 g/mol. The summed E-state index contributed by atoms with van der Waals surface area (Å²) in [5.74, 6) is 6.34. The van der Waals surface area contributed by atoms with Crippen LogP contribution in [0, 0.1) is 0 Å². The fourth-order valence-corrected chi connectivity index (χ4v) is 1.62. The highest BCUT2D eigenvalue weighted by molar-refractivity contribution is 5.48. The number of hydrazine groups is 1. The van der Waals surface area contributed by atoms with Gasteiger partial charge in [0.1, 0.15) is 11.9 Å². The summed E-state index contributed by atoms with van der Waals surface area (Å²) in [5.41, 5.74) is 10.0. The quantitative estimate of drug-likeness (QED) is 0.496. The number of nitrogens with two attached hydrogens (primary N) is 2. The number of pyridine rings is 1. The summed E-state index contributed by atoms with van der Waals surface area (Å²) in [6.45, 7) is 0. The van der Waals surface area contributed by atoms with E-state index in [2.05, 4.69) is 15.4 Å². The highest BCUT2D eigenvalue weighted by Crippen LogP contribution is 2.23. The molecule has 1 unspecified atom stereocenters. The number of anilines is 1. The molecule has 2 heterocycles. The van der Waals surface area contributed by atoms with Gasteiger partial charge in [-0.1, -0.05) is 0 Å². The molecule has 0 spiro atoms. The largest absolute Gasteiger partial charge is 0.398 e. The molecular formula is C10H14N6. The molecule has 0 fully saturated rings. The minimum absolute atomic E-state index is 0.256. The minimum Gasteiger partial charge on any atom is -0.398 e. The van der Waals surface area contributed by atoms with E-state index in [-0.39, 0.29) is 6.04 Å². The van der Waals surface area contributed by atoms with Gasteiger partial charge in [0.25, 0.3) is 0 Å². The number of aryl methyl sites for hydroxylation is 1. The van der Waals surface area contributed by atoms with Crippen molar-refractivity contribution in [1.29, 1.82) is 0 Å². The summed E-state index contributed by atoms with van der Waals surface area (Å²) < 4.78 is 1.89. The van der Waals surface area contributed by atoms with Crippen molar-refractivity contribution in [2.75, 3.05) is 5.73 Å². The number of imidazole rings is 1. The minimum atomic E-state index is -0.256. The van der Waals surface area contributed by atoms with Gasteiger partial charge in [-0.05, 0) is 6.07 Å². The zero-order chi connectivity index (χ0) is 11.5. The lowest BCUT2D eigenvalue weighted by Crippen LogP contribution is -2.31. The van der Waals surface area contributed by atoms with E-state index in [1.165, 1.54) is 0 Å². The Morgan fingerprint density at radius 3 is 2.81 bits per heavy atom. The molecule has 0 aromatic carbocycles. The lowest BCUT2D eigenvalue weighted by atomic mass is 10.1. The fraction of sp³-hybridized carbons (Fsp3) is 0.200. The first kappa shape index (κ1) is 10.6. The van der Waals surface area contributed by atoms with Crippen LogP contribution >= 0.6 is 0 Å². The zero-order valence-electron chi connectivity index (χ0n) is 8.96. The zero-order valence-corrected chi connectivity index (χ0v) is 8.96. The van der Waals surface area contributed by atoms with Crippen molar-refractivity contribution in [2.45, 2.75) is 6.04 Å². The molecule has 0 radical (unpaired) electrons. The van der Waals surface area contributed by atoms with Crippen LogP contribution in [0.4, 0.5) is 5.69 Å². The van der Waals surface area contributed by atoms with Crippen molar-refractivity contribution in [1.82, 2.24) is 20.0 Å². The Morgan fingerprint density at radius 1 is 1.44 bits per heavy atom. The predicted molar refractivity (Wildman–Crippen MR) is 61.0 cm³/mol. The van der Waals surface area contributed by atoms with E-state index in [0.717, 1.165) is 11.4 Å². The molecule has 84 valence electrons. The number of nitrogens with zero attached hydrogens (tertiary/aromatic N) is 3. The maximum Gasteiger partial charge on any atom is 0.131 e. The highest BCUT2D eigenvalue weighted by Gasteiger charge is 2.18. The van der Waals surface area contributed by atoms with E-state index in [9.17, 15) is 0 Å². The van der Waals surface area contributed by atoms with Crippen LogP contribution < -0.4 is 17.0 Å². The van der Waals surface area contributed by atoms with Gasteiger partial charge in [0, 0.05) is 43.1 Å². The smallest absolute Gasteiger partial charge is 0.131 e. The molecule has 0 saturated carbocycles. The lowest BCUT2D eigenvalue weighted by Gasteiger charge is -2.17. The first-order chi connectivity index (χ1) is 7.74. The maximum absolute atomic E-state index is 5.88. The molecule has 2 aromatic heterocycles. The molecule has 0 saturated heterocycles. The molecule has 0 aliphatic carbocycles. The van der Waals surface area contributed by atoms with Gasteiger partial charge in [-0.15, -0.1) is 0 Å². The molecule has 2 aromatic rings. The average Bonchev–Trinajstić information content (AvgIpc) is 2.69. The second-order valence-electron chi connectivity index (χ2n) is 3.50. The van der Waals surface area contributed by atoms with Crippen LogP contribution in [0.1, 0.15) is 17.4 Å². The first-order valence-corrected chi connectivity index (χ1v) is 4.86. The SMILES string of the molecule is Cn1ccnc1C(NN)c1cnccc1N. The van der Waals surface area contributed by atoms with Crippen molar-refractivity contribution in [2.24, 2.45) is 12.9 Å². The van der Waals surface area contributed by atoms with Crippen LogP contribution in [0.2, 0.25) is 0 Å². The molecule has 0 aliphatic rings. The molecule has 1 atom stereocenters. The van der Waals surface area contributed by atoms with Gasteiger partial charge in [-0.2, -0.15) is 0 Å². The normalized spacial score (nSPS) is 12.6. The predicted octanol–water partition coefficient (Wildman–Crippen LogP) is -0.0500. The van der Waals surface area contributed by atoms with Crippen LogP contribution in [0.5, 0.6) is 0 Å². The second kappa shape index (κ2) is 4.30. The first-order valence-electron chi connectivity index (χ1n) is 4.86. The van der Waals surface area contributed by atoms with E-state index in [0.29, 0.717) is 5.69 Å². The number of hydrogen-bond donors (Lipinski definition) is 3. The molecule has 2 rings (SSSR count). The molecule has 6 heteroatoms. The van der Waals surface area contributed by atoms with Gasteiger partial charge in [-0.3, -0.25) is 10.8 Å². The standard InChI is InChI=1S/C10H14N6/c1-16-5-4-14-10(16)9(15-12)7-6-13-3-2-8(7)11/h2-6,9,15H,12H2,1H3,(H2,11,13). The van der Waals surface area contributed by atoms with Crippen LogP contribution in [0.25, 0.3) is 0 Å². The van der Waals surface area contributed by atoms with Gasteiger partial charge in [0.2, 0.25) is 0 Å². The highest BCUT2D eigenvalue weighted by atomic mass is 15.3. The van der Waals surface area contributed by atoms with E-state index in [1.807, 2.05) is 17.8 Å². The molecule has 16 heavy (non-hydrogen) atoms. The Hall–Kier alpha value is -1.92.